The monoisotopic (exact) mass is 336 g/mol. The van der Waals surface area contributed by atoms with Crippen molar-refractivity contribution in [3.05, 3.63) is 34.1 Å². The Hall–Kier alpha value is -1.08. The van der Waals surface area contributed by atoms with E-state index in [0.717, 1.165) is 13.0 Å². The van der Waals surface area contributed by atoms with Crippen LogP contribution < -0.4 is 5.73 Å². The number of amidine groups is 1. The van der Waals surface area contributed by atoms with Crippen molar-refractivity contribution in [2.24, 2.45) is 10.7 Å². The number of nitrogens with zero attached hydrogens (tertiary/aromatic N) is 1. The van der Waals surface area contributed by atoms with E-state index in [2.05, 4.69) is 20.9 Å². The van der Waals surface area contributed by atoms with Gasteiger partial charge in [0.05, 0.1) is 0 Å². The van der Waals surface area contributed by atoms with E-state index in [4.69, 9.17) is 10.5 Å². The van der Waals surface area contributed by atoms with E-state index in [1.54, 1.807) is 0 Å². The number of alkyl halides is 2. The number of aliphatic imine (C=N–C) groups is 1. The first-order valence-corrected chi connectivity index (χ1v) is 6.31. The third kappa shape index (κ3) is 2.49. The summed E-state index contributed by atoms with van der Waals surface area (Å²) in [7, 11) is 0. The Kier molecular flexibility index (Phi) is 3.61. The highest BCUT2D eigenvalue weighted by Gasteiger charge is 2.54. The molecule has 1 aromatic rings. The fourth-order valence-corrected chi connectivity index (χ4v) is 2.31. The molecule has 2 N–H and O–H groups in total. The van der Waals surface area contributed by atoms with Gasteiger partial charge in [0.25, 0.3) is 5.92 Å². The van der Waals surface area contributed by atoms with Crippen molar-refractivity contribution in [2.75, 3.05) is 13.2 Å². The molecule has 0 amide bonds. The number of rotatable bonds is 1. The predicted octanol–water partition coefficient (Wildman–Crippen LogP) is 2.83. The van der Waals surface area contributed by atoms with Gasteiger partial charge in [-0.15, -0.1) is 0 Å². The van der Waals surface area contributed by atoms with E-state index in [0.29, 0.717) is 4.47 Å². The largest absolute Gasteiger partial charge is 0.385 e. The van der Waals surface area contributed by atoms with Crippen LogP contribution in [-0.2, 0) is 10.3 Å². The van der Waals surface area contributed by atoms with Crippen LogP contribution in [0.1, 0.15) is 12.5 Å². The Morgan fingerprint density at radius 3 is 2.79 bits per heavy atom. The maximum atomic E-state index is 14.2. The molecule has 0 fully saturated rings. The molecule has 0 aliphatic carbocycles. The van der Waals surface area contributed by atoms with Crippen LogP contribution in [0.3, 0.4) is 0 Å². The third-order valence-corrected chi connectivity index (χ3v) is 3.56. The molecule has 1 aliphatic heterocycles. The quantitative estimate of drug-likeness (QED) is 0.857. The lowest BCUT2D eigenvalue weighted by molar-refractivity contribution is -0.116. The minimum Gasteiger partial charge on any atom is -0.385 e. The van der Waals surface area contributed by atoms with Gasteiger partial charge in [-0.25, -0.2) is 13.2 Å². The minimum absolute atomic E-state index is 0.0842. The number of ether oxygens (including phenoxy) is 1. The van der Waals surface area contributed by atoms with Crippen molar-refractivity contribution in [1.82, 2.24) is 0 Å². The van der Waals surface area contributed by atoms with Gasteiger partial charge in [-0.1, -0.05) is 15.9 Å². The van der Waals surface area contributed by atoms with Crippen LogP contribution in [-0.4, -0.2) is 25.0 Å². The summed E-state index contributed by atoms with van der Waals surface area (Å²) in [6.07, 6.45) is 0. The van der Waals surface area contributed by atoms with Crippen LogP contribution in [0, 0.1) is 5.82 Å². The zero-order chi connectivity index (χ0) is 14.3. The Labute approximate surface area is 116 Å². The SMILES string of the molecule is CC1(c2cc(Br)ccc2F)N=C(N)COCC1(F)F. The van der Waals surface area contributed by atoms with Gasteiger partial charge < -0.3 is 10.5 Å². The first-order valence-electron chi connectivity index (χ1n) is 5.51. The summed E-state index contributed by atoms with van der Waals surface area (Å²) in [5.74, 6) is -4.21. The second-order valence-corrected chi connectivity index (χ2v) is 5.41. The zero-order valence-electron chi connectivity index (χ0n) is 10.1. The van der Waals surface area contributed by atoms with Gasteiger partial charge in [0, 0.05) is 10.0 Å². The van der Waals surface area contributed by atoms with E-state index in [9.17, 15) is 13.2 Å². The average molecular weight is 337 g/mol. The van der Waals surface area contributed by atoms with Crippen molar-refractivity contribution in [1.29, 1.82) is 0 Å². The number of hydrogen-bond acceptors (Lipinski definition) is 3. The van der Waals surface area contributed by atoms with Crippen molar-refractivity contribution in [3.63, 3.8) is 0 Å². The average Bonchev–Trinajstić information content (AvgIpc) is 2.40. The van der Waals surface area contributed by atoms with E-state index in [1.165, 1.54) is 12.1 Å². The molecule has 1 aliphatic rings. The summed E-state index contributed by atoms with van der Waals surface area (Å²) < 4.78 is 47.6. The van der Waals surface area contributed by atoms with Gasteiger partial charge in [-0.05, 0) is 25.1 Å². The van der Waals surface area contributed by atoms with Crippen molar-refractivity contribution >= 4 is 21.8 Å². The van der Waals surface area contributed by atoms with E-state index in [-0.39, 0.29) is 18.0 Å². The van der Waals surface area contributed by atoms with Gasteiger partial charge >= 0.3 is 0 Å². The van der Waals surface area contributed by atoms with Crippen molar-refractivity contribution in [3.8, 4) is 0 Å². The van der Waals surface area contributed by atoms with Gasteiger partial charge in [0.1, 0.15) is 24.9 Å². The van der Waals surface area contributed by atoms with Crippen LogP contribution in [0.4, 0.5) is 13.2 Å². The molecular weight excluding hydrogens is 325 g/mol. The molecule has 0 spiro atoms. The molecule has 0 saturated carbocycles. The number of halogens is 4. The molecule has 19 heavy (non-hydrogen) atoms. The first kappa shape index (κ1) is 14.3. The number of benzene rings is 1. The molecule has 0 bridgehead atoms. The first-order chi connectivity index (χ1) is 8.76. The maximum absolute atomic E-state index is 14.2. The predicted molar refractivity (Wildman–Crippen MR) is 68.8 cm³/mol. The van der Waals surface area contributed by atoms with Gasteiger partial charge in [0.2, 0.25) is 0 Å². The summed E-state index contributed by atoms with van der Waals surface area (Å²) in [6.45, 7) is 0.0971. The summed E-state index contributed by atoms with van der Waals surface area (Å²) in [5, 5.41) is 0. The Bertz CT molecular complexity index is 536. The zero-order valence-corrected chi connectivity index (χ0v) is 11.7. The normalized spacial score (nSPS) is 26.7. The van der Waals surface area contributed by atoms with Gasteiger partial charge in [-0.2, -0.15) is 0 Å². The highest BCUT2D eigenvalue weighted by Crippen LogP contribution is 2.43. The minimum atomic E-state index is -3.37. The van der Waals surface area contributed by atoms with Crippen LogP contribution in [0.5, 0.6) is 0 Å². The van der Waals surface area contributed by atoms with Crippen LogP contribution in [0.25, 0.3) is 0 Å². The Morgan fingerprint density at radius 2 is 2.11 bits per heavy atom. The van der Waals surface area contributed by atoms with Crippen molar-refractivity contribution < 1.29 is 17.9 Å². The van der Waals surface area contributed by atoms with Gasteiger partial charge in [-0.3, -0.25) is 4.99 Å². The molecular formula is C12H12BrF3N2O. The molecule has 1 atom stereocenters. The topological polar surface area (TPSA) is 47.6 Å². The highest BCUT2D eigenvalue weighted by atomic mass is 79.9. The molecule has 104 valence electrons. The molecule has 1 heterocycles. The molecule has 1 unspecified atom stereocenters. The number of nitrogens with two attached hydrogens (primary N) is 1. The standard InChI is InChI=1S/C12H12BrF3N2O/c1-11(8-4-7(13)2-3-9(8)14)12(15,16)6-19-5-10(17)18-11/h2-4H,5-6H2,1H3,(H2,17,18). The fraction of sp³-hybridized carbons (Fsp3) is 0.417. The fourth-order valence-electron chi connectivity index (χ4n) is 1.95. The van der Waals surface area contributed by atoms with Gasteiger partial charge in [0.15, 0.2) is 5.54 Å². The second-order valence-electron chi connectivity index (χ2n) is 4.50. The lowest BCUT2D eigenvalue weighted by Gasteiger charge is -2.33. The molecule has 2 rings (SSSR count). The summed E-state index contributed by atoms with van der Waals surface area (Å²) in [6, 6.07) is 3.82. The third-order valence-electron chi connectivity index (χ3n) is 3.07. The van der Waals surface area contributed by atoms with E-state index < -0.39 is 23.9 Å². The van der Waals surface area contributed by atoms with E-state index in [1.807, 2.05) is 0 Å². The molecule has 0 aromatic heterocycles. The Balaban J connectivity index is 2.65. The van der Waals surface area contributed by atoms with Crippen LogP contribution in [0.2, 0.25) is 0 Å². The molecule has 3 nitrogen and oxygen atoms in total. The Morgan fingerprint density at radius 1 is 1.42 bits per heavy atom. The summed E-state index contributed by atoms with van der Waals surface area (Å²) >= 11 is 3.14. The molecule has 0 radical (unpaired) electrons. The van der Waals surface area contributed by atoms with E-state index >= 15 is 0 Å². The molecule has 1 aromatic carbocycles. The lowest BCUT2D eigenvalue weighted by Crippen LogP contribution is -2.45. The number of hydrogen-bond donors (Lipinski definition) is 1. The van der Waals surface area contributed by atoms with Crippen molar-refractivity contribution in [2.45, 2.75) is 18.4 Å². The second kappa shape index (κ2) is 4.79. The lowest BCUT2D eigenvalue weighted by atomic mass is 9.86. The van der Waals surface area contributed by atoms with Crippen LogP contribution in [0.15, 0.2) is 27.7 Å². The smallest absolute Gasteiger partial charge is 0.299 e. The van der Waals surface area contributed by atoms with Crippen LogP contribution >= 0.6 is 15.9 Å². The summed E-state index contributed by atoms with van der Waals surface area (Å²) in [5.41, 5.74) is 3.20. The summed E-state index contributed by atoms with van der Waals surface area (Å²) in [4.78, 5) is 3.79. The molecule has 0 saturated heterocycles. The highest BCUT2D eigenvalue weighted by molar-refractivity contribution is 9.10. The molecule has 7 heteroatoms. The maximum Gasteiger partial charge on any atom is 0.299 e.